The minimum Gasteiger partial charge on any atom is -0.489 e. The Morgan fingerprint density at radius 1 is 1.06 bits per heavy atom. The zero-order valence-corrected chi connectivity index (χ0v) is 18.3. The highest BCUT2D eigenvalue weighted by Gasteiger charge is 2.53. The molecule has 4 N–H and O–H groups in total. The Labute approximate surface area is 184 Å². The summed E-state index contributed by atoms with van der Waals surface area (Å²) in [6.07, 6.45) is 9.90. The van der Waals surface area contributed by atoms with Gasteiger partial charge in [0.2, 0.25) is 5.91 Å². The van der Waals surface area contributed by atoms with Crippen LogP contribution < -0.4 is 15.8 Å². The molecule has 4 saturated carbocycles. The third kappa shape index (κ3) is 4.51. The molecule has 1 aromatic carbocycles. The molecule has 0 aromatic heterocycles. The molecular formula is C25H35FN2O3. The highest BCUT2D eigenvalue weighted by Crippen LogP contribution is 2.58. The lowest BCUT2D eigenvalue weighted by molar-refractivity contribution is -0.139. The van der Waals surface area contributed by atoms with E-state index in [4.69, 9.17) is 10.5 Å². The third-order valence-corrected chi connectivity index (χ3v) is 8.15. The largest absolute Gasteiger partial charge is 0.489 e. The molecule has 4 aliphatic carbocycles. The topological polar surface area (TPSA) is 84.6 Å². The second-order valence-corrected chi connectivity index (χ2v) is 9.96. The van der Waals surface area contributed by atoms with Gasteiger partial charge in [-0.2, -0.15) is 0 Å². The number of amides is 1. The fourth-order valence-corrected chi connectivity index (χ4v) is 5.82. The SMILES string of the molecule is NC/C(=C\F)COc1ccc(C23CCC(C(=O)NCC4(O)CCCC4)(CC2)CC3)cc1. The summed E-state index contributed by atoms with van der Waals surface area (Å²) >= 11 is 0. The molecule has 4 aliphatic rings. The number of hydrogen-bond donors (Lipinski definition) is 3. The number of carbonyl (C=O) groups is 1. The number of hydrogen-bond acceptors (Lipinski definition) is 4. The van der Waals surface area contributed by atoms with Crippen molar-refractivity contribution in [3.8, 4) is 5.75 Å². The van der Waals surface area contributed by atoms with Gasteiger partial charge in [-0.15, -0.1) is 0 Å². The quantitative estimate of drug-likeness (QED) is 0.584. The molecule has 0 saturated heterocycles. The van der Waals surface area contributed by atoms with Gasteiger partial charge < -0.3 is 20.9 Å². The van der Waals surface area contributed by atoms with Gasteiger partial charge in [0.25, 0.3) is 0 Å². The standard InChI is InChI=1S/C25H35FN2O3/c26-15-19(16-27)17-31-21-5-3-20(4-6-21)23-9-12-24(13-10-23,14-11-23)22(29)28-18-25(30)7-1-2-8-25/h3-6,15,30H,1-2,7-14,16-18,27H2,(H,28,29)/b19-15+. The maximum absolute atomic E-state index is 13.1. The minimum atomic E-state index is -0.700. The highest BCUT2D eigenvalue weighted by atomic mass is 19.1. The Hall–Kier alpha value is -1.92. The molecule has 0 aliphatic heterocycles. The Kier molecular flexibility index (Phi) is 6.40. The van der Waals surface area contributed by atoms with Crippen LogP contribution in [0.5, 0.6) is 5.75 Å². The first kappa shape index (κ1) is 22.3. The summed E-state index contributed by atoms with van der Waals surface area (Å²) in [4.78, 5) is 13.1. The number of carbonyl (C=O) groups excluding carboxylic acids is 1. The molecule has 0 atom stereocenters. The molecule has 0 spiro atoms. The van der Waals surface area contributed by atoms with Crippen LogP contribution in [0.25, 0.3) is 0 Å². The second-order valence-electron chi connectivity index (χ2n) is 9.96. The van der Waals surface area contributed by atoms with Crippen LogP contribution in [0.3, 0.4) is 0 Å². The molecule has 5 nitrogen and oxygen atoms in total. The van der Waals surface area contributed by atoms with Crippen LogP contribution in [0.15, 0.2) is 36.2 Å². The summed E-state index contributed by atoms with van der Waals surface area (Å²) in [5, 5.41) is 13.7. The van der Waals surface area contributed by atoms with Crippen LogP contribution >= 0.6 is 0 Å². The molecule has 0 heterocycles. The van der Waals surface area contributed by atoms with Crippen molar-refractivity contribution in [1.29, 1.82) is 0 Å². The van der Waals surface area contributed by atoms with E-state index in [9.17, 15) is 14.3 Å². The minimum absolute atomic E-state index is 0.130. The predicted molar refractivity (Wildman–Crippen MR) is 118 cm³/mol. The fraction of sp³-hybridized carbons (Fsp3) is 0.640. The van der Waals surface area contributed by atoms with Crippen LogP contribution in [-0.2, 0) is 10.2 Å². The van der Waals surface area contributed by atoms with Gasteiger partial charge in [-0.05, 0) is 74.5 Å². The van der Waals surface area contributed by atoms with Crippen LogP contribution in [-0.4, -0.2) is 36.3 Å². The lowest BCUT2D eigenvalue weighted by atomic mass is 9.51. The lowest BCUT2D eigenvalue weighted by Crippen LogP contribution is -2.53. The lowest BCUT2D eigenvalue weighted by Gasteiger charge is -2.53. The normalized spacial score (nSPS) is 29.7. The zero-order chi connectivity index (χ0) is 22.0. The number of halogens is 1. The van der Waals surface area contributed by atoms with Gasteiger partial charge in [0.1, 0.15) is 12.4 Å². The van der Waals surface area contributed by atoms with Gasteiger partial charge in [-0.1, -0.05) is 25.0 Å². The van der Waals surface area contributed by atoms with Gasteiger partial charge in [-0.25, -0.2) is 4.39 Å². The number of benzene rings is 1. The first-order valence-corrected chi connectivity index (χ1v) is 11.6. The van der Waals surface area contributed by atoms with E-state index >= 15 is 0 Å². The van der Waals surface area contributed by atoms with Gasteiger partial charge in [-0.3, -0.25) is 4.79 Å². The molecular weight excluding hydrogens is 395 g/mol. The van der Waals surface area contributed by atoms with Gasteiger partial charge in [0.15, 0.2) is 0 Å². The first-order valence-electron chi connectivity index (χ1n) is 11.6. The third-order valence-electron chi connectivity index (χ3n) is 8.15. The average molecular weight is 431 g/mol. The van der Waals surface area contributed by atoms with Crippen molar-refractivity contribution in [1.82, 2.24) is 5.32 Å². The van der Waals surface area contributed by atoms with Gasteiger partial charge in [0, 0.05) is 24.1 Å². The number of ether oxygens (including phenoxy) is 1. The van der Waals surface area contributed by atoms with Crippen molar-refractivity contribution in [2.24, 2.45) is 11.1 Å². The van der Waals surface area contributed by atoms with E-state index in [0.717, 1.165) is 64.2 Å². The summed E-state index contributed by atoms with van der Waals surface area (Å²) in [5.41, 5.74) is 6.36. The summed E-state index contributed by atoms with van der Waals surface area (Å²) < 4.78 is 18.3. The van der Waals surface area contributed by atoms with E-state index in [1.54, 1.807) is 0 Å². The van der Waals surface area contributed by atoms with Gasteiger partial charge >= 0.3 is 0 Å². The number of rotatable bonds is 8. The molecule has 0 radical (unpaired) electrons. The highest BCUT2D eigenvalue weighted by molar-refractivity contribution is 5.83. The molecule has 2 bridgehead atoms. The Balaban J connectivity index is 1.34. The van der Waals surface area contributed by atoms with Crippen molar-refractivity contribution in [2.45, 2.75) is 75.2 Å². The van der Waals surface area contributed by atoms with E-state index in [1.165, 1.54) is 5.56 Å². The van der Waals surface area contributed by atoms with Crippen molar-refractivity contribution in [3.63, 3.8) is 0 Å². The van der Waals surface area contributed by atoms with Crippen molar-refractivity contribution < 1.29 is 19.0 Å². The summed E-state index contributed by atoms with van der Waals surface area (Å²) in [5.74, 6) is 0.847. The Bertz CT molecular complexity index is 790. The van der Waals surface area contributed by atoms with Gasteiger partial charge in [0.05, 0.1) is 11.9 Å². The number of nitrogens with one attached hydrogen (secondary N) is 1. The molecule has 170 valence electrons. The van der Waals surface area contributed by atoms with Crippen LogP contribution in [0.4, 0.5) is 4.39 Å². The number of nitrogens with two attached hydrogens (primary N) is 1. The Morgan fingerprint density at radius 3 is 2.23 bits per heavy atom. The molecule has 6 heteroatoms. The molecule has 1 amide bonds. The van der Waals surface area contributed by atoms with Crippen LogP contribution in [0.1, 0.15) is 69.8 Å². The van der Waals surface area contributed by atoms with E-state index in [1.807, 2.05) is 12.1 Å². The number of fused-ring (bicyclic) bond motifs is 3. The van der Waals surface area contributed by atoms with E-state index in [2.05, 4.69) is 17.4 Å². The Morgan fingerprint density at radius 2 is 1.68 bits per heavy atom. The molecule has 1 aromatic rings. The molecule has 4 fully saturated rings. The maximum atomic E-state index is 13.1. The van der Waals surface area contributed by atoms with Crippen LogP contribution in [0.2, 0.25) is 0 Å². The number of aliphatic hydroxyl groups is 1. The van der Waals surface area contributed by atoms with E-state index < -0.39 is 5.60 Å². The van der Waals surface area contributed by atoms with Crippen molar-refractivity contribution in [2.75, 3.05) is 19.7 Å². The summed E-state index contributed by atoms with van der Waals surface area (Å²) in [7, 11) is 0. The zero-order valence-electron chi connectivity index (χ0n) is 18.3. The van der Waals surface area contributed by atoms with E-state index in [0.29, 0.717) is 24.2 Å². The second kappa shape index (κ2) is 8.91. The monoisotopic (exact) mass is 430 g/mol. The first-order chi connectivity index (χ1) is 14.9. The smallest absolute Gasteiger partial charge is 0.226 e. The van der Waals surface area contributed by atoms with Crippen LogP contribution in [0, 0.1) is 5.41 Å². The summed E-state index contributed by atoms with van der Waals surface area (Å²) in [6.45, 7) is 0.695. The summed E-state index contributed by atoms with van der Waals surface area (Å²) in [6, 6.07) is 8.12. The molecule has 5 rings (SSSR count). The molecule has 31 heavy (non-hydrogen) atoms. The van der Waals surface area contributed by atoms with Crippen molar-refractivity contribution >= 4 is 5.91 Å². The van der Waals surface area contributed by atoms with E-state index in [-0.39, 0.29) is 29.9 Å². The average Bonchev–Trinajstić information content (AvgIpc) is 3.26. The maximum Gasteiger partial charge on any atom is 0.226 e. The predicted octanol–water partition coefficient (Wildman–Crippen LogP) is 3.89. The van der Waals surface area contributed by atoms with Crippen molar-refractivity contribution in [3.05, 3.63) is 41.7 Å². The molecule has 0 unspecified atom stereocenters. The fourth-order valence-electron chi connectivity index (χ4n) is 5.82.